The molecule has 0 aromatic rings. The molecule has 0 spiro atoms. The lowest BCUT2D eigenvalue weighted by molar-refractivity contribution is -0.161. The van der Waals surface area contributed by atoms with Gasteiger partial charge in [0.25, 0.3) is 0 Å². The number of hydrogen-bond donors (Lipinski definition) is 1. The number of esters is 2. The molecule has 0 heterocycles. The maximum absolute atomic E-state index is 12.4. The second-order valence-electron chi connectivity index (χ2n) is 27.1. The Bertz CT molecular complexity index is 1870. The first-order valence-electron chi connectivity index (χ1n) is 40.7. The summed E-state index contributed by atoms with van der Waals surface area (Å²) in [5, 5.41) is 9.73. The van der Waals surface area contributed by atoms with Gasteiger partial charge >= 0.3 is 11.9 Å². The zero-order valence-corrected chi connectivity index (χ0v) is 62.2. The van der Waals surface area contributed by atoms with Crippen LogP contribution in [0.15, 0.2) is 134 Å². The van der Waals surface area contributed by atoms with Gasteiger partial charge in [-0.2, -0.15) is 0 Å². The highest BCUT2D eigenvalue weighted by atomic mass is 16.6. The van der Waals surface area contributed by atoms with Gasteiger partial charge in [-0.3, -0.25) is 9.59 Å². The van der Waals surface area contributed by atoms with E-state index in [1.54, 1.807) is 0 Å². The van der Waals surface area contributed by atoms with Gasteiger partial charge in [0.05, 0.1) is 6.61 Å². The predicted octanol–water partition coefficient (Wildman–Crippen LogP) is 29.0. The lowest BCUT2D eigenvalue weighted by Crippen LogP contribution is -2.28. The van der Waals surface area contributed by atoms with E-state index in [-0.39, 0.29) is 25.2 Å². The molecule has 0 saturated carbocycles. The van der Waals surface area contributed by atoms with Gasteiger partial charge in [-0.05, 0) is 96.3 Å². The molecule has 0 radical (unpaired) electrons. The number of hydrogen-bond acceptors (Lipinski definition) is 5. The highest BCUT2D eigenvalue weighted by Gasteiger charge is 2.16. The molecule has 1 unspecified atom stereocenters. The van der Waals surface area contributed by atoms with Gasteiger partial charge in [0.1, 0.15) is 6.61 Å². The average molecular weight is 1300 g/mol. The molecule has 1 atom stereocenters. The third-order valence-corrected chi connectivity index (χ3v) is 18.0. The van der Waals surface area contributed by atoms with Crippen molar-refractivity contribution < 1.29 is 24.2 Å². The van der Waals surface area contributed by atoms with Crippen LogP contribution in [-0.4, -0.2) is 36.4 Å². The molecule has 0 bridgehead atoms. The Morgan fingerprint density at radius 2 is 0.457 bits per heavy atom. The van der Waals surface area contributed by atoms with E-state index in [1.165, 1.54) is 244 Å². The van der Waals surface area contributed by atoms with E-state index in [4.69, 9.17) is 9.47 Å². The highest BCUT2D eigenvalue weighted by Crippen LogP contribution is 2.19. The lowest BCUT2D eigenvalue weighted by atomic mass is 10.0. The van der Waals surface area contributed by atoms with Crippen molar-refractivity contribution in [2.75, 3.05) is 13.2 Å². The minimum Gasteiger partial charge on any atom is -0.462 e. The van der Waals surface area contributed by atoms with Crippen LogP contribution < -0.4 is 0 Å². The smallest absolute Gasteiger partial charge is 0.306 e. The second-order valence-corrected chi connectivity index (χ2v) is 27.1. The first-order chi connectivity index (χ1) is 46.6. The summed E-state index contributed by atoms with van der Waals surface area (Å²) in [5.41, 5.74) is 0. The number of rotatable bonds is 75. The van der Waals surface area contributed by atoms with Crippen LogP contribution in [0.3, 0.4) is 0 Å². The Morgan fingerprint density at radius 3 is 0.691 bits per heavy atom. The Labute approximate surface area is 585 Å². The van der Waals surface area contributed by atoms with Crippen molar-refractivity contribution in [3.63, 3.8) is 0 Å². The van der Waals surface area contributed by atoms with E-state index in [9.17, 15) is 14.7 Å². The Balaban J connectivity index is 3.49. The van der Waals surface area contributed by atoms with Crippen LogP contribution >= 0.6 is 0 Å². The summed E-state index contributed by atoms with van der Waals surface area (Å²) in [6.07, 6.45) is 124. The lowest BCUT2D eigenvalue weighted by Gasteiger charge is -2.15. The zero-order valence-electron chi connectivity index (χ0n) is 62.2. The third kappa shape index (κ3) is 80.5. The maximum Gasteiger partial charge on any atom is 0.306 e. The van der Waals surface area contributed by atoms with E-state index in [0.29, 0.717) is 12.8 Å². The number of aliphatic hydroxyl groups excluding tert-OH is 1. The molecule has 0 saturated heterocycles. The molecule has 0 aliphatic heterocycles. The first-order valence-corrected chi connectivity index (χ1v) is 40.7. The monoisotopic (exact) mass is 1300 g/mol. The fourth-order valence-electron chi connectivity index (χ4n) is 11.9. The van der Waals surface area contributed by atoms with Crippen LogP contribution in [0.4, 0.5) is 0 Å². The van der Waals surface area contributed by atoms with Gasteiger partial charge in [-0.25, -0.2) is 0 Å². The molecular formula is C89H154O5. The average Bonchev–Trinajstić information content (AvgIpc) is 3.65. The van der Waals surface area contributed by atoms with E-state index >= 15 is 0 Å². The number of aliphatic hydroxyl groups is 1. The summed E-state index contributed by atoms with van der Waals surface area (Å²) in [7, 11) is 0. The number of unbranched alkanes of at least 4 members (excludes halogenated alkanes) is 45. The van der Waals surface area contributed by atoms with Crippen molar-refractivity contribution in [1.82, 2.24) is 0 Å². The van der Waals surface area contributed by atoms with E-state index < -0.39 is 6.10 Å². The largest absolute Gasteiger partial charge is 0.462 e. The van der Waals surface area contributed by atoms with Crippen molar-refractivity contribution in [2.24, 2.45) is 0 Å². The predicted molar refractivity (Wildman–Crippen MR) is 417 cm³/mol. The third-order valence-electron chi connectivity index (χ3n) is 18.0. The van der Waals surface area contributed by atoms with Gasteiger partial charge in [0.2, 0.25) is 0 Å². The fraction of sp³-hybridized carbons (Fsp3) is 0.730. The molecule has 0 amide bonds. The standard InChI is InChI=1S/C89H154O5/c1-3-5-7-9-11-13-15-17-19-21-23-25-27-29-31-33-35-37-39-41-43-44-46-47-49-51-53-55-57-59-61-63-65-67-69-71-73-75-77-79-81-83-88(91)93-86-87(85-90)94-89(92)84-82-80-78-76-74-72-70-68-66-64-62-60-58-56-54-52-50-48-45-42-40-38-36-34-32-30-28-26-24-22-20-18-16-14-12-10-8-6-4-2/h6,8,12,14,18,20,24,26,30,32,36,38,42,45,50,52,56,58,62,64,68,70,87,90H,3-5,7,9-11,13,15-17,19,21-23,25,27-29,31,33-35,37,39-41,43-44,46-49,51,53-55,57,59-61,63,65-67,69,71-86H2,1-2H3/b8-6-,14-12-,20-18-,26-24-,32-30-,38-36-,45-42-,52-50-,58-56-,64-62-,70-68-. The SMILES string of the molecule is CC/C=C\C/C=C\C/C=C\C/C=C\C/C=C\C/C=C\C/C=C\C/C=C\C/C=C\C/C=C\C/C=C\CCCCCCCC(=O)OC(CO)COC(=O)CCCCCCCCCCCCCCCCCCCCCCCCCCCCCCCCCCCCCCCCCCC. The maximum atomic E-state index is 12.4. The van der Waals surface area contributed by atoms with Gasteiger partial charge in [0, 0.05) is 12.8 Å². The minimum atomic E-state index is -0.792. The molecule has 0 aromatic carbocycles. The van der Waals surface area contributed by atoms with E-state index in [1.807, 2.05) is 0 Å². The Kier molecular flexibility index (Phi) is 79.8. The zero-order chi connectivity index (χ0) is 67.5. The Hall–Kier alpha value is -3.96. The number of allylic oxidation sites excluding steroid dienone is 22. The van der Waals surface area contributed by atoms with Crippen molar-refractivity contribution in [2.45, 2.75) is 405 Å². The summed E-state index contributed by atoms with van der Waals surface area (Å²) in [5.74, 6) is -0.605. The number of carbonyl (C=O) groups is 2. The number of carbonyl (C=O) groups excluding carboxylic acids is 2. The van der Waals surface area contributed by atoms with Crippen LogP contribution in [0.1, 0.15) is 399 Å². The molecule has 5 nitrogen and oxygen atoms in total. The molecule has 0 rings (SSSR count). The van der Waals surface area contributed by atoms with Crippen molar-refractivity contribution >= 4 is 11.9 Å². The van der Waals surface area contributed by atoms with Gasteiger partial charge in [0.15, 0.2) is 6.10 Å². The molecule has 540 valence electrons. The molecule has 1 N–H and O–H groups in total. The van der Waals surface area contributed by atoms with Crippen LogP contribution in [0.5, 0.6) is 0 Å². The highest BCUT2D eigenvalue weighted by molar-refractivity contribution is 5.70. The fourth-order valence-corrected chi connectivity index (χ4v) is 11.9. The van der Waals surface area contributed by atoms with E-state index in [0.717, 1.165) is 128 Å². The van der Waals surface area contributed by atoms with Gasteiger partial charge in [-0.1, -0.05) is 424 Å². The first kappa shape index (κ1) is 90.0. The van der Waals surface area contributed by atoms with Gasteiger partial charge < -0.3 is 14.6 Å². The molecule has 0 aromatic heterocycles. The van der Waals surface area contributed by atoms with Gasteiger partial charge in [-0.15, -0.1) is 0 Å². The summed E-state index contributed by atoms with van der Waals surface area (Å²) in [6.45, 7) is 4.05. The summed E-state index contributed by atoms with van der Waals surface area (Å²) >= 11 is 0. The Morgan fingerprint density at radius 1 is 0.255 bits per heavy atom. The second kappa shape index (κ2) is 83.3. The summed E-state index contributed by atoms with van der Waals surface area (Å²) < 4.78 is 10.8. The van der Waals surface area contributed by atoms with Crippen molar-refractivity contribution in [1.29, 1.82) is 0 Å². The van der Waals surface area contributed by atoms with Crippen LogP contribution in [0.2, 0.25) is 0 Å². The quantitative estimate of drug-likeness (QED) is 0.0373. The molecule has 0 aliphatic rings. The summed E-state index contributed by atoms with van der Waals surface area (Å²) in [6, 6.07) is 0. The van der Waals surface area contributed by atoms with Crippen molar-refractivity contribution in [3.8, 4) is 0 Å². The normalized spacial score (nSPS) is 12.9. The molecule has 0 aliphatic carbocycles. The molecule has 5 heteroatoms. The summed E-state index contributed by atoms with van der Waals surface area (Å²) in [4.78, 5) is 24.7. The molecule has 0 fully saturated rings. The van der Waals surface area contributed by atoms with Crippen molar-refractivity contribution in [3.05, 3.63) is 134 Å². The van der Waals surface area contributed by atoms with E-state index in [2.05, 4.69) is 148 Å². The van der Waals surface area contributed by atoms with Crippen LogP contribution in [0, 0.1) is 0 Å². The molecular weight excluding hydrogens is 1150 g/mol. The topological polar surface area (TPSA) is 72.8 Å². The van der Waals surface area contributed by atoms with Crippen LogP contribution in [-0.2, 0) is 19.1 Å². The molecule has 94 heavy (non-hydrogen) atoms. The minimum absolute atomic E-state index is 0.0776. The number of ether oxygens (including phenoxy) is 2. The van der Waals surface area contributed by atoms with Crippen LogP contribution in [0.25, 0.3) is 0 Å².